The minimum atomic E-state index is -5.72. The van der Waals surface area contributed by atoms with Crippen molar-refractivity contribution in [1.82, 2.24) is 0 Å². The molecule has 0 aromatic heterocycles. The van der Waals surface area contributed by atoms with Crippen LogP contribution in [0.5, 0.6) is 0 Å². The monoisotopic (exact) mass is 676 g/mol. The van der Waals surface area contributed by atoms with Crippen LogP contribution in [0, 0.1) is 117 Å². The highest BCUT2D eigenvalue weighted by molar-refractivity contribution is 5.64. The van der Waals surface area contributed by atoms with Gasteiger partial charge in [0.05, 0.1) is 5.41 Å². The zero-order chi connectivity index (χ0) is 34.4. The van der Waals surface area contributed by atoms with Gasteiger partial charge in [0.2, 0.25) is 17.5 Å². The molecule has 240 valence electrons. The molecular formula is C26H3F19. The maximum Gasteiger partial charge on any atom is 0.200 e. The fourth-order valence-corrected chi connectivity index (χ4v) is 4.74. The summed E-state index contributed by atoms with van der Waals surface area (Å²) in [5.41, 5.74) is -21.2. The number of benzene rings is 4. The summed E-state index contributed by atoms with van der Waals surface area (Å²) in [5, 5.41) is 0. The van der Waals surface area contributed by atoms with Crippen molar-refractivity contribution in [3.05, 3.63) is 138 Å². The standard InChI is InChI=1S/C26H3F19/c1-2-3(8(28)16(36)15(35)7(2)27)26(4-9(29)17(37)23(43)18(38)10(4)30,5-11(31)19(39)24(44)20(40)12(5)32)6-13(33)21(41)25(45)22(42)14(6)34/h1H3. The molecule has 0 nitrogen and oxygen atoms in total. The molecule has 4 aromatic carbocycles. The van der Waals surface area contributed by atoms with E-state index in [4.69, 9.17) is 0 Å². The Balaban J connectivity index is 2.69. The quantitative estimate of drug-likeness (QED) is 0.0877. The molecule has 0 aliphatic heterocycles. The Bertz CT molecular complexity index is 1560. The molecule has 45 heavy (non-hydrogen) atoms. The molecule has 0 amide bonds. The highest BCUT2D eigenvalue weighted by atomic mass is 19.2. The van der Waals surface area contributed by atoms with Crippen LogP contribution in [0.15, 0.2) is 0 Å². The highest BCUT2D eigenvalue weighted by Crippen LogP contribution is 2.55. The van der Waals surface area contributed by atoms with Gasteiger partial charge in [-0.05, 0) is 12.5 Å². The number of halogens is 19. The van der Waals surface area contributed by atoms with E-state index in [-0.39, 0.29) is 6.92 Å². The van der Waals surface area contributed by atoms with Crippen molar-refractivity contribution in [2.45, 2.75) is 12.3 Å². The van der Waals surface area contributed by atoms with Crippen LogP contribution in [-0.2, 0) is 5.41 Å². The Kier molecular flexibility index (Phi) is 8.07. The van der Waals surface area contributed by atoms with E-state index in [0.29, 0.717) is 0 Å². The zero-order valence-corrected chi connectivity index (χ0v) is 20.7. The van der Waals surface area contributed by atoms with Gasteiger partial charge in [-0.2, -0.15) is 0 Å². The predicted octanol–water partition coefficient (Wildman–Crippen LogP) is 9.02. The van der Waals surface area contributed by atoms with E-state index < -0.39 is 144 Å². The average Bonchev–Trinajstić information content (AvgIpc) is 3.00. The summed E-state index contributed by atoms with van der Waals surface area (Å²) >= 11 is 0. The fourth-order valence-electron chi connectivity index (χ4n) is 4.74. The first-order chi connectivity index (χ1) is 20.7. The molecule has 0 atom stereocenters. The third kappa shape index (κ3) is 4.18. The molecule has 4 aromatic rings. The lowest BCUT2D eigenvalue weighted by atomic mass is 9.62. The SMILES string of the molecule is Cc1c(F)c(F)c(F)c(F)c1C(c1c(F)c(F)c(F)c(F)c1F)(c1c(F)c(F)c(F)c(F)c1F)c1c(F)c(F)c(F)c(F)c1F. The molecule has 4 rings (SSSR count). The zero-order valence-electron chi connectivity index (χ0n) is 20.7. The van der Waals surface area contributed by atoms with E-state index in [0.717, 1.165) is 0 Å². The first-order valence-electron chi connectivity index (χ1n) is 11.1. The molecule has 0 spiro atoms. The first kappa shape index (κ1) is 33.4. The fraction of sp³-hybridized carbons (Fsp3) is 0.0769. The van der Waals surface area contributed by atoms with E-state index in [2.05, 4.69) is 0 Å². The van der Waals surface area contributed by atoms with Crippen LogP contribution in [0.3, 0.4) is 0 Å². The molecule has 0 heterocycles. The van der Waals surface area contributed by atoms with Crippen LogP contribution in [0.25, 0.3) is 0 Å². The molecule has 0 aliphatic rings. The largest absolute Gasteiger partial charge is 0.203 e. The summed E-state index contributed by atoms with van der Waals surface area (Å²) in [6, 6.07) is 0. The van der Waals surface area contributed by atoms with E-state index in [9.17, 15) is 52.7 Å². The maximum absolute atomic E-state index is 15.6. The summed E-state index contributed by atoms with van der Waals surface area (Å²) in [7, 11) is 0. The molecule has 0 radical (unpaired) electrons. The van der Waals surface area contributed by atoms with Crippen molar-refractivity contribution >= 4 is 0 Å². The Labute approximate surface area is 234 Å². The summed E-state index contributed by atoms with van der Waals surface area (Å²) in [6.07, 6.45) is 0. The van der Waals surface area contributed by atoms with Gasteiger partial charge < -0.3 is 0 Å². The van der Waals surface area contributed by atoms with Gasteiger partial charge in [-0.25, -0.2) is 83.4 Å². The molecule has 0 bridgehead atoms. The third-order valence-electron chi connectivity index (χ3n) is 6.63. The second-order valence-electron chi connectivity index (χ2n) is 8.84. The average molecular weight is 676 g/mol. The normalized spacial score (nSPS) is 12.0. The van der Waals surface area contributed by atoms with Gasteiger partial charge in [0.1, 0.15) is 0 Å². The Morgan fingerprint density at radius 2 is 0.378 bits per heavy atom. The van der Waals surface area contributed by atoms with Crippen molar-refractivity contribution in [3.8, 4) is 0 Å². The Morgan fingerprint density at radius 1 is 0.222 bits per heavy atom. The number of rotatable bonds is 4. The van der Waals surface area contributed by atoms with Crippen LogP contribution in [0.4, 0.5) is 83.4 Å². The minimum absolute atomic E-state index is 0.130. The molecule has 0 aliphatic carbocycles. The number of hydrogen-bond donors (Lipinski definition) is 0. The summed E-state index contributed by atoms with van der Waals surface area (Å²) in [5.74, 6) is -64.4. The van der Waals surface area contributed by atoms with Crippen molar-refractivity contribution in [2.75, 3.05) is 0 Å². The van der Waals surface area contributed by atoms with Gasteiger partial charge in [-0.1, -0.05) is 0 Å². The van der Waals surface area contributed by atoms with Crippen molar-refractivity contribution in [1.29, 1.82) is 0 Å². The maximum atomic E-state index is 15.6. The second kappa shape index (κ2) is 10.9. The first-order valence-corrected chi connectivity index (χ1v) is 11.1. The van der Waals surface area contributed by atoms with E-state index in [1.165, 1.54) is 0 Å². The van der Waals surface area contributed by atoms with Crippen LogP contribution < -0.4 is 0 Å². The predicted molar refractivity (Wildman–Crippen MR) is 109 cm³/mol. The molecule has 0 saturated heterocycles. The van der Waals surface area contributed by atoms with Gasteiger partial charge in [0.15, 0.2) is 93.1 Å². The lowest BCUT2D eigenvalue weighted by Gasteiger charge is -2.39. The van der Waals surface area contributed by atoms with Crippen molar-refractivity contribution in [2.24, 2.45) is 0 Å². The van der Waals surface area contributed by atoms with Crippen LogP contribution >= 0.6 is 0 Å². The van der Waals surface area contributed by atoms with E-state index >= 15 is 30.7 Å². The third-order valence-corrected chi connectivity index (χ3v) is 6.63. The van der Waals surface area contributed by atoms with Crippen molar-refractivity contribution in [3.63, 3.8) is 0 Å². The van der Waals surface area contributed by atoms with Gasteiger partial charge in [0.25, 0.3) is 0 Å². The van der Waals surface area contributed by atoms with Crippen molar-refractivity contribution < 1.29 is 83.4 Å². The summed E-state index contributed by atoms with van der Waals surface area (Å²) < 4.78 is 281. The Morgan fingerprint density at radius 3 is 0.600 bits per heavy atom. The van der Waals surface area contributed by atoms with E-state index in [1.54, 1.807) is 0 Å². The molecular weight excluding hydrogens is 673 g/mol. The summed E-state index contributed by atoms with van der Waals surface area (Å²) in [6.45, 7) is -0.130. The van der Waals surface area contributed by atoms with Crippen LogP contribution in [-0.4, -0.2) is 0 Å². The lowest BCUT2D eigenvalue weighted by Crippen LogP contribution is -2.42. The second-order valence-corrected chi connectivity index (χ2v) is 8.84. The molecule has 0 N–H and O–H groups in total. The van der Waals surface area contributed by atoms with Gasteiger partial charge in [-0.3, -0.25) is 0 Å². The molecule has 0 unspecified atom stereocenters. The van der Waals surface area contributed by atoms with Gasteiger partial charge in [0, 0.05) is 22.3 Å². The topological polar surface area (TPSA) is 0 Å². The van der Waals surface area contributed by atoms with Crippen LogP contribution in [0.1, 0.15) is 27.8 Å². The smallest absolute Gasteiger partial charge is 0.200 e. The van der Waals surface area contributed by atoms with Gasteiger partial charge >= 0.3 is 0 Å². The summed E-state index contributed by atoms with van der Waals surface area (Å²) in [4.78, 5) is 0. The minimum Gasteiger partial charge on any atom is -0.203 e. The lowest BCUT2D eigenvalue weighted by molar-refractivity contribution is 0.323. The molecule has 0 fully saturated rings. The highest BCUT2D eigenvalue weighted by Gasteiger charge is 2.57. The number of hydrogen-bond acceptors (Lipinski definition) is 0. The molecule has 19 heteroatoms. The Hall–Kier alpha value is -4.45. The van der Waals surface area contributed by atoms with E-state index in [1.807, 2.05) is 0 Å². The van der Waals surface area contributed by atoms with Gasteiger partial charge in [-0.15, -0.1) is 0 Å². The molecule has 0 saturated carbocycles. The van der Waals surface area contributed by atoms with Crippen LogP contribution in [0.2, 0.25) is 0 Å².